The van der Waals surface area contributed by atoms with Crippen LogP contribution in [0, 0.1) is 0 Å². The van der Waals surface area contributed by atoms with Crippen molar-refractivity contribution in [3.05, 3.63) is 40.1 Å². The molecule has 1 saturated heterocycles. The van der Waals surface area contributed by atoms with Crippen LogP contribution in [0.1, 0.15) is 29.3 Å². The van der Waals surface area contributed by atoms with Crippen molar-refractivity contribution in [2.24, 2.45) is 4.99 Å². The van der Waals surface area contributed by atoms with Gasteiger partial charge in [0.25, 0.3) is 0 Å². The number of rotatable bonds is 10. The van der Waals surface area contributed by atoms with Crippen molar-refractivity contribution < 1.29 is 14.2 Å². The summed E-state index contributed by atoms with van der Waals surface area (Å²) in [6, 6.07) is 8.66. The second-order valence-electron chi connectivity index (χ2n) is 7.40. The highest BCUT2D eigenvalue weighted by molar-refractivity contribution is 7.10. The van der Waals surface area contributed by atoms with Gasteiger partial charge in [-0.3, -0.25) is 9.89 Å². The minimum atomic E-state index is 0.381. The first-order valence-corrected chi connectivity index (χ1v) is 11.6. The first-order valence-electron chi connectivity index (χ1n) is 10.7. The van der Waals surface area contributed by atoms with Crippen molar-refractivity contribution in [2.45, 2.75) is 25.3 Å². The molecule has 2 aromatic rings. The highest BCUT2D eigenvalue weighted by atomic mass is 32.1. The molecule has 7 nitrogen and oxygen atoms in total. The fraction of sp³-hybridized carbons (Fsp3) is 0.522. The molecule has 1 fully saturated rings. The van der Waals surface area contributed by atoms with Gasteiger partial charge in [0, 0.05) is 30.6 Å². The van der Waals surface area contributed by atoms with Gasteiger partial charge < -0.3 is 24.8 Å². The first-order chi connectivity index (χ1) is 15.2. The predicted octanol–water partition coefficient (Wildman–Crippen LogP) is 3.32. The number of nitrogens with zero attached hydrogens (tertiary/aromatic N) is 2. The van der Waals surface area contributed by atoms with E-state index in [1.165, 1.54) is 17.7 Å². The van der Waals surface area contributed by atoms with E-state index in [4.69, 9.17) is 14.2 Å². The molecule has 1 atom stereocenters. The average molecular weight is 447 g/mol. The average Bonchev–Trinajstić information content (AvgIpc) is 3.52. The molecule has 8 heteroatoms. The van der Waals surface area contributed by atoms with Crippen LogP contribution in [0.5, 0.6) is 17.2 Å². The van der Waals surface area contributed by atoms with Crippen LogP contribution in [0.3, 0.4) is 0 Å². The smallest absolute Gasteiger partial charge is 0.203 e. The minimum Gasteiger partial charge on any atom is -0.493 e. The zero-order valence-electron chi connectivity index (χ0n) is 18.9. The Labute approximate surface area is 189 Å². The maximum absolute atomic E-state index is 5.59. The van der Waals surface area contributed by atoms with E-state index in [0.29, 0.717) is 23.3 Å². The van der Waals surface area contributed by atoms with E-state index < -0.39 is 0 Å². The number of likely N-dealkylation sites (tertiary alicyclic amines) is 1. The van der Waals surface area contributed by atoms with Crippen molar-refractivity contribution >= 4 is 17.3 Å². The molecule has 2 N–H and O–H groups in total. The predicted molar refractivity (Wildman–Crippen MR) is 127 cm³/mol. The molecule has 0 saturated carbocycles. The topological polar surface area (TPSA) is 67.4 Å². The number of ether oxygens (including phenoxy) is 3. The molecular weight excluding hydrogens is 412 g/mol. The second kappa shape index (κ2) is 11.8. The van der Waals surface area contributed by atoms with Gasteiger partial charge >= 0.3 is 0 Å². The van der Waals surface area contributed by atoms with Crippen LogP contribution in [0.15, 0.2) is 34.6 Å². The number of methoxy groups -OCH3 is 3. The van der Waals surface area contributed by atoms with Gasteiger partial charge in [-0.05, 0) is 49.9 Å². The van der Waals surface area contributed by atoms with Gasteiger partial charge in [-0.1, -0.05) is 12.1 Å². The Balaban J connectivity index is 1.57. The van der Waals surface area contributed by atoms with Crippen molar-refractivity contribution in [1.82, 2.24) is 15.5 Å². The van der Waals surface area contributed by atoms with Crippen LogP contribution in [0.25, 0.3) is 0 Å². The van der Waals surface area contributed by atoms with E-state index in [2.05, 4.69) is 38.0 Å². The SMILES string of the molecule is CN=C(NCCc1ccc(OC)c(OC)c1OC)NCC(c1cccs1)N1CCCC1. The largest absolute Gasteiger partial charge is 0.493 e. The van der Waals surface area contributed by atoms with E-state index in [-0.39, 0.29) is 0 Å². The molecule has 1 aliphatic rings. The molecule has 1 aliphatic heterocycles. The summed E-state index contributed by atoms with van der Waals surface area (Å²) in [6.45, 7) is 3.88. The molecule has 1 unspecified atom stereocenters. The van der Waals surface area contributed by atoms with Gasteiger partial charge in [0.15, 0.2) is 17.5 Å². The van der Waals surface area contributed by atoms with Crippen LogP contribution in [0.2, 0.25) is 0 Å². The second-order valence-corrected chi connectivity index (χ2v) is 8.38. The first kappa shape index (κ1) is 23.2. The lowest BCUT2D eigenvalue weighted by Gasteiger charge is -2.27. The fourth-order valence-corrected chi connectivity index (χ4v) is 4.89. The lowest BCUT2D eigenvalue weighted by molar-refractivity contribution is 0.249. The molecule has 3 rings (SSSR count). The molecule has 170 valence electrons. The van der Waals surface area contributed by atoms with Gasteiger partial charge in [0.05, 0.1) is 27.4 Å². The third kappa shape index (κ3) is 5.83. The Morgan fingerprint density at radius 1 is 1.06 bits per heavy atom. The van der Waals surface area contributed by atoms with E-state index in [1.807, 2.05) is 30.5 Å². The number of nitrogens with one attached hydrogen (secondary N) is 2. The summed E-state index contributed by atoms with van der Waals surface area (Å²) in [5.74, 6) is 2.79. The molecule has 0 amide bonds. The summed E-state index contributed by atoms with van der Waals surface area (Å²) in [6.07, 6.45) is 3.33. The Kier molecular flexibility index (Phi) is 8.85. The van der Waals surface area contributed by atoms with E-state index in [9.17, 15) is 0 Å². The van der Waals surface area contributed by atoms with Crippen molar-refractivity contribution in [1.29, 1.82) is 0 Å². The maximum atomic E-state index is 5.59. The third-order valence-electron chi connectivity index (χ3n) is 5.61. The van der Waals surface area contributed by atoms with Gasteiger partial charge in [-0.15, -0.1) is 11.3 Å². The van der Waals surface area contributed by atoms with Crippen LogP contribution < -0.4 is 24.8 Å². The zero-order chi connectivity index (χ0) is 22.1. The molecule has 0 aliphatic carbocycles. The molecule has 0 bridgehead atoms. The summed E-state index contributed by atoms with van der Waals surface area (Å²) in [5.41, 5.74) is 1.05. The number of guanidine groups is 1. The Bertz CT molecular complexity index is 836. The molecule has 31 heavy (non-hydrogen) atoms. The van der Waals surface area contributed by atoms with Gasteiger partial charge in [-0.25, -0.2) is 0 Å². The van der Waals surface area contributed by atoms with Crippen molar-refractivity contribution in [3.63, 3.8) is 0 Å². The molecule has 0 radical (unpaired) electrons. The summed E-state index contributed by atoms with van der Waals surface area (Å²) in [7, 11) is 6.71. The van der Waals surface area contributed by atoms with Crippen LogP contribution in [-0.2, 0) is 6.42 Å². The third-order valence-corrected chi connectivity index (χ3v) is 6.59. The summed E-state index contributed by atoms with van der Waals surface area (Å²) >= 11 is 1.82. The van der Waals surface area contributed by atoms with Gasteiger partial charge in [-0.2, -0.15) is 0 Å². The lowest BCUT2D eigenvalue weighted by Crippen LogP contribution is -2.43. The van der Waals surface area contributed by atoms with E-state index in [1.54, 1.807) is 21.3 Å². The monoisotopic (exact) mass is 446 g/mol. The maximum Gasteiger partial charge on any atom is 0.203 e. The summed E-state index contributed by atoms with van der Waals surface area (Å²) in [4.78, 5) is 8.38. The molecule has 2 heterocycles. The summed E-state index contributed by atoms with van der Waals surface area (Å²) < 4.78 is 16.4. The van der Waals surface area contributed by atoms with Gasteiger partial charge in [0.1, 0.15) is 0 Å². The highest BCUT2D eigenvalue weighted by Crippen LogP contribution is 2.39. The summed E-state index contributed by atoms with van der Waals surface area (Å²) in [5, 5.41) is 9.10. The molecular formula is C23H34N4O3S. The number of benzene rings is 1. The van der Waals surface area contributed by atoms with Crippen LogP contribution in [0.4, 0.5) is 0 Å². The van der Waals surface area contributed by atoms with Crippen LogP contribution >= 0.6 is 11.3 Å². The van der Waals surface area contributed by atoms with Gasteiger partial charge in [0.2, 0.25) is 5.75 Å². The standard InChI is InChI=1S/C23H34N4O3S/c1-24-23(26-16-18(20-8-7-15-31-20)27-13-5-6-14-27)25-12-11-17-9-10-19(28-2)22(30-4)21(17)29-3/h7-10,15,18H,5-6,11-14,16H2,1-4H3,(H2,24,25,26). The Morgan fingerprint density at radius 2 is 1.84 bits per heavy atom. The molecule has 1 aromatic carbocycles. The van der Waals surface area contributed by atoms with Crippen LogP contribution in [-0.4, -0.2) is 65.4 Å². The number of hydrogen-bond acceptors (Lipinski definition) is 6. The number of aliphatic imine (C=N–C) groups is 1. The Morgan fingerprint density at radius 3 is 2.45 bits per heavy atom. The number of hydrogen-bond donors (Lipinski definition) is 2. The molecule has 0 spiro atoms. The normalized spacial score (nSPS) is 15.5. The molecule has 1 aromatic heterocycles. The van der Waals surface area contributed by atoms with Crippen molar-refractivity contribution in [3.8, 4) is 17.2 Å². The quantitative estimate of drug-likeness (QED) is 0.431. The number of thiophene rings is 1. The van der Waals surface area contributed by atoms with E-state index in [0.717, 1.165) is 44.1 Å². The highest BCUT2D eigenvalue weighted by Gasteiger charge is 2.24. The van der Waals surface area contributed by atoms with E-state index >= 15 is 0 Å². The minimum absolute atomic E-state index is 0.381. The zero-order valence-corrected chi connectivity index (χ0v) is 19.8. The lowest BCUT2D eigenvalue weighted by atomic mass is 10.1. The fourth-order valence-electron chi connectivity index (χ4n) is 4.03. The Hall–Kier alpha value is -2.45. The van der Waals surface area contributed by atoms with Crippen molar-refractivity contribution in [2.75, 3.05) is 54.6 Å².